The summed E-state index contributed by atoms with van der Waals surface area (Å²) in [6.45, 7) is 4.88. The summed E-state index contributed by atoms with van der Waals surface area (Å²) >= 11 is 15.7. The Kier molecular flexibility index (Phi) is 4.75. The number of Topliss-reactive ketones (excluding diaryl/α,β-unsaturated/α-hetero) is 1. The highest BCUT2D eigenvalue weighted by Crippen LogP contribution is 2.29. The van der Waals surface area contributed by atoms with Gasteiger partial charge in [0.05, 0.1) is 6.61 Å². The van der Waals surface area contributed by atoms with Gasteiger partial charge in [0.2, 0.25) is 5.78 Å². The molecule has 0 aromatic heterocycles. The van der Waals surface area contributed by atoms with E-state index in [9.17, 15) is 9.59 Å². The third kappa shape index (κ3) is 3.98. The van der Waals surface area contributed by atoms with Crippen LogP contribution in [0.5, 0.6) is 0 Å². The average molecular weight is 245 g/mol. The number of ketones is 1. The van der Waals surface area contributed by atoms with Crippen molar-refractivity contribution in [3.63, 3.8) is 0 Å². The number of hydrogen-bond acceptors (Lipinski definition) is 3. The van der Waals surface area contributed by atoms with E-state index >= 15 is 0 Å². The van der Waals surface area contributed by atoms with Gasteiger partial charge in [-0.25, -0.2) is 4.79 Å². The van der Waals surface area contributed by atoms with Crippen LogP contribution in [0, 0.1) is 0 Å². The molecule has 13 heavy (non-hydrogen) atoms. The predicted molar refractivity (Wildman–Crippen MR) is 51.1 cm³/mol. The molecule has 74 valence electrons. The number of rotatable bonds is 3. The van der Waals surface area contributed by atoms with Crippen LogP contribution >= 0.6 is 34.8 Å². The zero-order valence-electron chi connectivity index (χ0n) is 6.77. The van der Waals surface area contributed by atoms with Crippen molar-refractivity contribution in [2.24, 2.45) is 0 Å². The summed E-state index contributed by atoms with van der Waals surface area (Å²) in [4.78, 5) is 22.0. The number of ether oxygens (including phenoxy) is 1. The third-order valence-corrected chi connectivity index (χ3v) is 1.57. The maximum atomic E-state index is 11.1. The fraction of sp³-hybridized carbons (Fsp3) is 0.429. The van der Waals surface area contributed by atoms with E-state index in [2.05, 4.69) is 11.3 Å². The molecular weight excluding hydrogens is 238 g/mol. The van der Waals surface area contributed by atoms with Crippen molar-refractivity contribution in [2.75, 3.05) is 6.61 Å². The fourth-order valence-electron chi connectivity index (χ4n) is 0.482. The summed E-state index contributed by atoms with van der Waals surface area (Å²) in [6, 6.07) is 0. The molecule has 0 fully saturated rings. The first kappa shape index (κ1) is 12.8. The zero-order valence-corrected chi connectivity index (χ0v) is 9.04. The van der Waals surface area contributed by atoms with E-state index in [1.807, 2.05) is 0 Å². The Balaban J connectivity index is 4.45. The third-order valence-electron chi connectivity index (χ3n) is 1.05. The van der Waals surface area contributed by atoms with Crippen LogP contribution in [0.1, 0.15) is 6.92 Å². The Morgan fingerprint density at radius 2 is 1.85 bits per heavy atom. The molecule has 0 aliphatic rings. The second-order valence-corrected chi connectivity index (χ2v) is 4.31. The van der Waals surface area contributed by atoms with Crippen LogP contribution < -0.4 is 0 Å². The van der Waals surface area contributed by atoms with Gasteiger partial charge in [-0.05, 0) is 6.92 Å². The number of halogens is 3. The largest absolute Gasteiger partial charge is 0.462 e. The number of alkyl halides is 3. The van der Waals surface area contributed by atoms with Crippen molar-refractivity contribution < 1.29 is 14.3 Å². The Bertz CT molecular complexity index is 242. The standard InChI is InChI=1S/C7H7Cl3O3/c1-3-13-6(12)4(2)5(11)7(8,9)10/h2-3H2,1H3. The predicted octanol–water partition coefficient (Wildman–Crippen LogP) is 2.04. The second kappa shape index (κ2) is 4.84. The molecule has 0 aromatic rings. The van der Waals surface area contributed by atoms with Gasteiger partial charge in [0.25, 0.3) is 3.79 Å². The van der Waals surface area contributed by atoms with Crippen molar-refractivity contribution in [1.29, 1.82) is 0 Å². The van der Waals surface area contributed by atoms with Gasteiger partial charge in [0, 0.05) is 0 Å². The van der Waals surface area contributed by atoms with E-state index in [-0.39, 0.29) is 6.61 Å². The molecule has 0 rings (SSSR count). The van der Waals surface area contributed by atoms with Gasteiger partial charge in [-0.2, -0.15) is 0 Å². The van der Waals surface area contributed by atoms with E-state index in [1.165, 1.54) is 0 Å². The van der Waals surface area contributed by atoms with Crippen LogP contribution in [0.15, 0.2) is 12.2 Å². The van der Waals surface area contributed by atoms with E-state index < -0.39 is 21.1 Å². The lowest BCUT2D eigenvalue weighted by Gasteiger charge is -2.10. The molecule has 0 spiro atoms. The van der Waals surface area contributed by atoms with Gasteiger partial charge in [0.1, 0.15) is 5.57 Å². The van der Waals surface area contributed by atoms with Crippen molar-refractivity contribution in [2.45, 2.75) is 10.7 Å². The highest BCUT2D eigenvalue weighted by Gasteiger charge is 2.35. The molecule has 0 N–H and O–H groups in total. The molecule has 3 nitrogen and oxygen atoms in total. The number of carbonyl (C=O) groups excluding carboxylic acids is 2. The highest BCUT2D eigenvalue weighted by atomic mass is 35.6. The minimum atomic E-state index is -2.16. The molecule has 0 heterocycles. The SMILES string of the molecule is C=C(C(=O)OCC)C(=O)C(Cl)(Cl)Cl. The van der Waals surface area contributed by atoms with Gasteiger partial charge in [0.15, 0.2) is 0 Å². The molecule has 0 saturated carbocycles. The topological polar surface area (TPSA) is 43.4 Å². The Labute approximate surface area is 90.6 Å². The van der Waals surface area contributed by atoms with Crippen LogP contribution in [0.3, 0.4) is 0 Å². The van der Waals surface area contributed by atoms with Gasteiger partial charge in [-0.1, -0.05) is 41.4 Å². The summed E-state index contributed by atoms with van der Waals surface area (Å²) in [7, 11) is 0. The van der Waals surface area contributed by atoms with E-state index in [0.29, 0.717) is 0 Å². The summed E-state index contributed by atoms with van der Waals surface area (Å²) in [5.41, 5.74) is -0.471. The summed E-state index contributed by atoms with van der Waals surface area (Å²) in [6.07, 6.45) is 0. The van der Waals surface area contributed by atoms with Crippen molar-refractivity contribution in [1.82, 2.24) is 0 Å². The monoisotopic (exact) mass is 244 g/mol. The zero-order chi connectivity index (χ0) is 10.6. The molecule has 0 aliphatic heterocycles. The molecule has 0 bridgehead atoms. The van der Waals surface area contributed by atoms with Crippen molar-refractivity contribution in [3.05, 3.63) is 12.2 Å². The Morgan fingerprint density at radius 3 is 2.15 bits per heavy atom. The van der Waals surface area contributed by atoms with Crippen LogP contribution in [0.25, 0.3) is 0 Å². The number of carbonyl (C=O) groups is 2. The molecule has 0 aliphatic carbocycles. The average Bonchev–Trinajstić information content (AvgIpc) is 2.00. The molecule has 0 aromatic carbocycles. The summed E-state index contributed by atoms with van der Waals surface area (Å²) in [5, 5.41) is 0. The van der Waals surface area contributed by atoms with Crippen LogP contribution in [-0.2, 0) is 14.3 Å². The molecule has 0 saturated heterocycles. The second-order valence-electron chi connectivity index (χ2n) is 2.03. The Morgan fingerprint density at radius 1 is 1.38 bits per heavy atom. The first-order chi connectivity index (χ1) is 5.80. The lowest BCUT2D eigenvalue weighted by atomic mass is 10.2. The summed E-state index contributed by atoms with van der Waals surface area (Å²) in [5.74, 6) is -1.85. The number of esters is 1. The van der Waals surface area contributed by atoms with Gasteiger partial charge >= 0.3 is 5.97 Å². The summed E-state index contributed by atoms with van der Waals surface area (Å²) < 4.78 is 2.32. The van der Waals surface area contributed by atoms with Crippen molar-refractivity contribution >= 4 is 46.6 Å². The van der Waals surface area contributed by atoms with Crippen LogP contribution in [0.2, 0.25) is 0 Å². The van der Waals surface area contributed by atoms with Crippen LogP contribution in [0.4, 0.5) is 0 Å². The molecule has 0 radical (unpaired) electrons. The molecule has 0 atom stereocenters. The van der Waals surface area contributed by atoms with Gasteiger partial charge < -0.3 is 4.74 Å². The minimum absolute atomic E-state index is 0.130. The van der Waals surface area contributed by atoms with E-state index in [1.54, 1.807) is 6.92 Å². The molecule has 0 unspecified atom stereocenters. The number of hydrogen-bond donors (Lipinski definition) is 0. The van der Waals surface area contributed by atoms with E-state index in [4.69, 9.17) is 34.8 Å². The Hall–Kier alpha value is -0.250. The maximum absolute atomic E-state index is 11.1. The highest BCUT2D eigenvalue weighted by molar-refractivity contribution is 6.78. The van der Waals surface area contributed by atoms with Crippen LogP contribution in [-0.4, -0.2) is 22.2 Å². The molecule has 0 amide bonds. The lowest BCUT2D eigenvalue weighted by Crippen LogP contribution is -2.25. The maximum Gasteiger partial charge on any atom is 0.341 e. The molecular formula is C7H7Cl3O3. The van der Waals surface area contributed by atoms with E-state index in [0.717, 1.165) is 0 Å². The first-order valence-electron chi connectivity index (χ1n) is 3.28. The fourth-order valence-corrected chi connectivity index (χ4v) is 0.824. The van der Waals surface area contributed by atoms with Gasteiger partial charge in [-0.15, -0.1) is 0 Å². The smallest absolute Gasteiger partial charge is 0.341 e. The quantitative estimate of drug-likeness (QED) is 0.251. The van der Waals surface area contributed by atoms with Crippen molar-refractivity contribution in [3.8, 4) is 0 Å². The lowest BCUT2D eigenvalue weighted by molar-refractivity contribution is -0.139. The molecule has 6 heteroatoms. The first-order valence-corrected chi connectivity index (χ1v) is 4.41. The minimum Gasteiger partial charge on any atom is -0.462 e. The normalized spacial score (nSPS) is 10.8. The van der Waals surface area contributed by atoms with Gasteiger partial charge in [-0.3, -0.25) is 4.79 Å².